The third kappa shape index (κ3) is 5.18. The van der Waals surface area contributed by atoms with Crippen molar-refractivity contribution in [1.82, 2.24) is 9.97 Å². The van der Waals surface area contributed by atoms with E-state index in [0.717, 1.165) is 0 Å². The first-order chi connectivity index (χ1) is 6.79. The molecule has 1 aromatic heterocycles. The van der Waals surface area contributed by atoms with E-state index in [2.05, 4.69) is 9.97 Å². The molecule has 15 heavy (non-hydrogen) atoms. The van der Waals surface area contributed by atoms with E-state index in [9.17, 15) is 4.89 Å². The lowest BCUT2D eigenvalue weighted by atomic mass is 10.2. The summed E-state index contributed by atoms with van der Waals surface area (Å²) in [7, 11) is 0. The molecule has 0 aromatic carbocycles. The van der Waals surface area contributed by atoms with Crippen LogP contribution in [0, 0.1) is 0 Å². The summed E-state index contributed by atoms with van der Waals surface area (Å²) in [6.07, 6.45) is 2.80. The van der Waals surface area contributed by atoms with E-state index < -0.39 is 12.3 Å². The summed E-state index contributed by atoms with van der Waals surface area (Å²) in [5.41, 5.74) is -0.558. The maximum Gasteiger partial charge on any atom is 0.379 e. The quantitative estimate of drug-likeness (QED) is 0.824. The molecule has 5 nitrogen and oxygen atoms in total. The van der Waals surface area contributed by atoms with Crippen LogP contribution in [0.15, 0.2) is 18.6 Å². The van der Waals surface area contributed by atoms with Crippen molar-refractivity contribution in [3.05, 3.63) is 18.6 Å². The highest BCUT2D eigenvalue weighted by atomic mass is 32.5. The molecule has 0 saturated carbocycles. The van der Waals surface area contributed by atoms with Gasteiger partial charge in [0.15, 0.2) is 0 Å². The van der Waals surface area contributed by atoms with Gasteiger partial charge in [0.2, 0.25) is 5.88 Å². The van der Waals surface area contributed by atoms with Gasteiger partial charge in [-0.1, -0.05) is 0 Å². The summed E-state index contributed by atoms with van der Waals surface area (Å²) in [6.45, 7) is 2.06. The first-order valence-electron chi connectivity index (χ1n) is 4.28. The van der Waals surface area contributed by atoms with Gasteiger partial charge in [0.25, 0.3) is 0 Å². The molecule has 1 rings (SSSR count). The number of hydrogen-bond donors (Lipinski definition) is 1. The van der Waals surface area contributed by atoms with Crippen LogP contribution >= 0.6 is 6.72 Å². The molecule has 0 aliphatic carbocycles. The van der Waals surface area contributed by atoms with Crippen LogP contribution in [0.3, 0.4) is 0 Å². The zero-order valence-corrected chi connectivity index (χ0v) is 10.5. The Morgan fingerprint density at radius 1 is 1.47 bits per heavy atom. The number of nitrogens with zero attached hydrogens (tertiary/aromatic N) is 2. The van der Waals surface area contributed by atoms with E-state index in [1.165, 1.54) is 18.6 Å². The largest absolute Gasteiger partial charge is 0.406 e. The molecule has 0 saturated heterocycles. The van der Waals surface area contributed by atoms with Crippen molar-refractivity contribution < 1.29 is 13.9 Å². The van der Waals surface area contributed by atoms with Crippen molar-refractivity contribution in [1.29, 1.82) is 0 Å². The van der Waals surface area contributed by atoms with Gasteiger partial charge in [0, 0.05) is 24.1 Å². The lowest BCUT2D eigenvalue weighted by Crippen LogP contribution is -2.18. The van der Waals surface area contributed by atoms with Crippen molar-refractivity contribution in [2.45, 2.75) is 26.4 Å². The molecule has 0 bridgehead atoms. The normalized spacial score (nSPS) is 15.7. The number of rotatable bonds is 3. The molecule has 0 spiro atoms. The Bertz CT molecular complexity index is 366. The molecule has 1 heterocycles. The van der Waals surface area contributed by atoms with Gasteiger partial charge in [-0.2, -0.15) is 0 Å². The molecule has 0 amide bonds. The monoisotopic (exact) mass is 248 g/mol. The van der Waals surface area contributed by atoms with E-state index in [1.807, 2.05) is 0 Å². The first kappa shape index (κ1) is 12.5. The third-order valence-corrected chi connectivity index (χ3v) is 2.80. The first-order valence-corrected chi connectivity index (χ1v) is 6.87. The smallest absolute Gasteiger partial charge is 0.379 e. The average Bonchev–Trinajstić information content (AvgIpc) is 1.99. The molecule has 1 N–H and O–H groups in total. The Kier molecular flexibility index (Phi) is 3.78. The molecule has 1 aromatic rings. The molecule has 84 valence electrons. The second-order valence-electron chi connectivity index (χ2n) is 3.81. The predicted octanol–water partition coefficient (Wildman–Crippen LogP) is 1.89. The van der Waals surface area contributed by atoms with E-state index in [1.54, 1.807) is 20.8 Å². The summed E-state index contributed by atoms with van der Waals surface area (Å²) < 4.78 is 10.3. The molecule has 7 heteroatoms. The zero-order valence-electron chi connectivity index (χ0n) is 8.75. The maximum absolute atomic E-state index is 9.72. The molecular weight excluding hydrogens is 235 g/mol. The lowest BCUT2D eigenvalue weighted by Gasteiger charge is -2.25. The third-order valence-electron chi connectivity index (χ3n) is 1.15. The van der Waals surface area contributed by atoms with Gasteiger partial charge in [-0.15, -0.1) is 0 Å². The van der Waals surface area contributed by atoms with Gasteiger partial charge in [-0.25, -0.2) is 9.97 Å². The molecule has 0 fully saturated rings. The molecule has 0 radical (unpaired) electrons. The molecule has 1 atom stereocenters. The molecular formula is C8H13N2O3PS. The Hall–Kier alpha value is -0.550. The standard InChI is InChI=1S/C8H13N2O3PS/c1-8(2,3)13-14(11,15)12-7-4-5-9-6-10-7/h4-6H,1-3H3,(H,11,15). The van der Waals surface area contributed by atoms with Crippen molar-refractivity contribution >= 4 is 18.5 Å². The van der Waals surface area contributed by atoms with Crippen molar-refractivity contribution in [2.24, 2.45) is 0 Å². The van der Waals surface area contributed by atoms with Crippen LogP contribution in [0.2, 0.25) is 0 Å². The highest BCUT2D eigenvalue weighted by Gasteiger charge is 2.25. The zero-order chi connectivity index (χ0) is 11.5. The molecule has 1 unspecified atom stereocenters. The maximum atomic E-state index is 9.72. The SMILES string of the molecule is CC(C)(C)OP(O)(=S)Oc1ccncn1. The second-order valence-corrected chi connectivity index (χ2v) is 6.50. The van der Waals surface area contributed by atoms with Crippen LogP contribution in [-0.4, -0.2) is 20.5 Å². The Morgan fingerprint density at radius 2 is 2.13 bits per heavy atom. The van der Waals surface area contributed by atoms with Gasteiger partial charge < -0.3 is 9.42 Å². The van der Waals surface area contributed by atoms with Gasteiger partial charge in [0.1, 0.15) is 6.33 Å². The summed E-state index contributed by atoms with van der Waals surface area (Å²) in [5, 5.41) is 0. The van der Waals surface area contributed by atoms with E-state index in [0.29, 0.717) is 0 Å². The number of aromatic nitrogens is 2. The topological polar surface area (TPSA) is 64.5 Å². The minimum Gasteiger partial charge on any atom is -0.406 e. The van der Waals surface area contributed by atoms with Gasteiger partial charge in [0.05, 0.1) is 5.60 Å². The fourth-order valence-corrected chi connectivity index (χ4v) is 2.79. The van der Waals surface area contributed by atoms with E-state index >= 15 is 0 Å². The van der Waals surface area contributed by atoms with Gasteiger partial charge in [-0.3, -0.25) is 4.52 Å². The predicted molar refractivity (Wildman–Crippen MR) is 60.0 cm³/mol. The Labute approximate surface area is 93.7 Å². The van der Waals surface area contributed by atoms with E-state index in [4.69, 9.17) is 20.9 Å². The minimum absolute atomic E-state index is 0.208. The van der Waals surface area contributed by atoms with Crippen molar-refractivity contribution in [3.8, 4) is 5.88 Å². The average molecular weight is 248 g/mol. The van der Waals surface area contributed by atoms with Crippen molar-refractivity contribution in [3.63, 3.8) is 0 Å². The van der Waals surface area contributed by atoms with E-state index in [-0.39, 0.29) is 5.88 Å². The van der Waals surface area contributed by atoms with Crippen LogP contribution in [0.1, 0.15) is 20.8 Å². The van der Waals surface area contributed by atoms with Gasteiger partial charge in [-0.05, 0) is 20.8 Å². The summed E-state index contributed by atoms with van der Waals surface area (Å²) in [5.74, 6) is 0.208. The summed E-state index contributed by atoms with van der Waals surface area (Å²) in [6, 6.07) is 1.50. The highest BCUT2D eigenvalue weighted by Crippen LogP contribution is 2.47. The van der Waals surface area contributed by atoms with Crippen LogP contribution in [0.5, 0.6) is 5.88 Å². The highest BCUT2D eigenvalue weighted by molar-refractivity contribution is 8.07. The van der Waals surface area contributed by atoms with Crippen LogP contribution in [0.4, 0.5) is 0 Å². The number of hydrogen-bond acceptors (Lipinski definition) is 5. The Morgan fingerprint density at radius 3 is 2.60 bits per heavy atom. The van der Waals surface area contributed by atoms with Crippen LogP contribution < -0.4 is 4.52 Å². The van der Waals surface area contributed by atoms with Gasteiger partial charge >= 0.3 is 6.72 Å². The molecule has 0 aliphatic rings. The lowest BCUT2D eigenvalue weighted by molar-refractivity contribution is 0.109. The minimum atomic E-state index is -3.29. The fraction of sp³-hybridized carbons (Fsp3) is 0.500. The van der Waals surface area contributed by atoms with Crippen LogP contribution in [-0.2, 0) is 16.3 Å². The Balaban J connectivity index is 2.69. The second kappa shape index (κ2) is 4.53. The molecule has 0 aliphatic heterocycles. The van der Waals surface area contributed by atoms with Crippen LogP contribution in [0.25, 0.3) is 0 Å². The fourth-order valence-electron chi connectivity index (χ4n) is 0.815. The van der Waals surface area contributed by atoms with Crippen molar-refractivity contribution in [2.75, 3.05) is 0 Å². The summed E-state index contributed by atoms with van der Waals surface area (Å²) >= 11 is 4.84. The summed E-state index contributed by atoms with van der Waals surface area (Å²) in [4.78, 5) is 17.2.